The molecule has 1 aliphatic rings. The van der Waals surface area contributed by atoms with E-state index in [2.05, 4.69) is 17.2 Å². The molecule has 1 aliphatic heterocycles. The molecule has 0 aromatic heterocycles. The summed E-state index contributed by atoms with van der Waals surface area (Å²) < 4.78 is 13.9. The number of nitrogens with one attached hydrogen (secondary N) is 1. The molecule has 110 valence electrons. The maximum atomic E-state index is 13.9. The first-order valence-electron chi connectivity index (χ1n) is 6.57. The van der Waals surface area contributed by atoms with Gasteiger partial charge in [-0.15, -0.1) is 0 Å². The molecule has 3 N–H and O–H groups in total. The third-order valence-electron chi connectivity index (χ3n) is 3.28. The predicted octanol–water partition coefficient (Wildman–Crippen LogP) is 0.0964. The zero-order valence-corrected chi connectivity index (χ0v) is 11.6. The molecular weight excluding hydrogens is 273 g/mol. The van der Waals surface area contributed by atoms with Crippen LogP contribution < -0.4 is 11.1 Å². The van der Waals surface area contributed by atoms with Gasteiger partial charge < -0.3 is 16.0 Å². The lowest BCUT2D eigenvalue weighted by molar-refractivity contribution is -0.128. The smallest absolute Gasteiger partial charge is 0.254 e. The number of amides is 2. The van der Waals surface area contributed by atoms with Crippen molar-refractivity contribution >= 4 is 11.8 Å². The molecule has 1 fully saturated rings. The minimum atomic E-state index is -0.671. The van der Waals surface area contributed by atoms with Gasteiger partial charge in [0.25, 0.3) is 5.91 Å². The van der Waals surface area contributed by atoms with Gasteiger partial charge in [0.1, 0.15) is 11.9 Å². The third-order valence-corrected chi connectivity index (χ3v) is 3.28. The third kappa shape index (κ3) is 3.38. The van der Waals surface area contributed by atoms with Crippen LogP contribution >= 0.6 is 0 Å². The molecule has 1 saturated heterocycles. The molecule has 0 aliphatic carbocycles. The summed E-state index contributed by atoms with van der Waals surface area (Å²) >= 11 is 0. The second kappa shape index (κ2) is 6.37. The van der Waals surface area contributed by atoms with Crippen molar-refractivity contribution < 1.29 is 14.0 Å². The maximum Gasteiger partial charge on any atom is 0.254 e. The van der Waals surface area contributed by atoms with E-state index in [1.807, 2.05) is 0 Å². The van der Waals surface area contributed by atoms with Crippen molar-refractivity contribution in [2.45, 2.75) is 12.5 Å². The van der Waals surface area contributed by atoms with Crippen molar-refractivity contribution in [1.82, 2.24) is 10.2 Å². The van der Waals surface area contributed by atoms with Crippen molar-refractivity contribution in [3.63, 3.8) is 0 Å². The van der Waals surface area contributed by atoms with Gasteiger partial charge in [0.05, 0.1) is 12.1 Å². The van der Waals surface area contributed by atoms with Crippen LogP contribution in [0.4, 0.5) is 4.39 Å². The first-order chi connectivity index (χ1) is 10.0. The molecule has 1 aromatic rings. The fraction of sp³-hybridized carbons (Fsp3) is 0.333. The van der Waals surface area contributed by atoms with Crippen LogP contribution in [0.3, 0.4) is 0 Å². The minimum Gasteiger partial charge on any atom is -0.344 e. The highest BCUT2D eigenvalue weighted by Gasteiger charge is 2.30. The topological polar surface area (TPSA) is 75.4 Å². The Labute approximate surface area is 122 Å². The van der Waals surface area contributed by atoms with Gasteiger partial charge in [0.15, 0.2) is 0 Å². The van der Waals surface area contributed by atoms with Crippen molar-refractivity contribution in [1.29, 1.82) is 0 Å². The fourth-order valence-electron chi connectivity index (χ4n) is 2.12. The van der Waals surface area contributed by atoms with Crippen LogP contribution in [0.5, 0.6) is 0 Å². The van der Waals surface area contributed by atoms with Crippen molar-refractivity contribution in [2.24, 2.45) is 5.73 Å². The van der Waals surface area contributed by atoms with Crippen LogP contribution in [-0.4, -0.2) is 42.9 Å². The molecule has 2 rings (SSSR count). The van der Waals surface area contributed by atoms with Gasteiger partial charge in [-0.1, -0.05) is 11.8 Å². The highest BCUT2D eigenvalue weighted by Crippen LogP contribution is 2.13. The normalized spacial score (nSPS) is 17.4. The summed E-state index contributed by atoms with van der Waals surface area (Å²) in [4.78, 5) is 25.3. The molecule has 0 spiro atoms. The lowest BCUT2D eigenvalue weighted by Crippen LogP contribution is -2.40. The lowest BCUT2D eigenvalue weighted by atomic mass is 10.1. The number of halogens is 1. The van der Waals surface area contributed by atoms with Crippen LogP contribution in [0, 0.1) is 17.7 Å². The summed E-state index contributed by atoms with van der Waals surface area (Å²) in [7, 11) is 1.67. The van der Waals surface area contributed by atoms with Gasteiger partial charge in [-0.2, -0.15) is 0 Å². The van der Waals surface area contributed by atoms with Gasteiger partial charge in [-0.05, 0) is 24.6 Å². The number of rotatable bonds is 2. The summed E-state index contributed by atoms with van der Waals surface area (Å²) in [5, 5.41) is 2.55. The van der Waals surface area contributed by atoms with E-state index >= 15 is 0 Å². The van der Waals surface area contributed by atoms with Crippen molar-refractivity contribution in [3.05, 3.63) is 35.1 Å². The summed E-state index contributed by atoms with van der Waals surface area (Å²) in [6, 6.07) is 3.50. The zero-order chi connectivity index (χ0) is 15.4. The quantitative estimate of drug-likeness (QED) is 0.758. The highest BCUT2D eigenvalue weighted by molar-refractivity contribution is 5.98. The number of nitrogens with zero attached hydrogens (tertiary/aromatic N) is 1. The number of benzene rings is 1. The number of likely N-dealkylation sites (N-methyl/N-ethyl adjacent to an activating group) is 1. The minimum absolute atomic E-state index is 0.101. The number of carbonyl (C=O) groups excluding carboxylic acids is 2. The van der Waals surface area contributed by atoms with E-state index in [1.54, 1.807) is 13.1 Å². The molecule has 6 heteroatoms. The molecule has 0 saturated carbocycles. The number of carbonyl (C=O) groups is 2. The number of hydrogen-bond acceptors (Lipinski definition) is 3. The van der Waals surface area contributed by atoms with Crippen LogP contribution in [0.15, 0.2) is 18.2 Å². The Bertz CT molecular complexity index is 634. The molecule has 1 unspecified atom stereocenters. The molecule has 1 atom stereocenters. The summed E-state index contributed by atoms with van der Waals surface area (Å²) in [6.45, 7) is 0.765. The fourth-order valence-corrected chi connectivity index (χ4v) is 2.12. The Kier molecular flexibility index (Phi) is 4.55. The van der Waals surface area contributed by atoms with Crippen LogP contribution in [0.1, 0.15) is 22.3 Å². The zero-order valence-electron chi connectivity index (χ0n) is 11.6. The molecule has 21 heavy (non-hydrogen) atoms. The van der Waals surface area contributed by atoms with E-state index in [1.165, 1.54) is 17.0 Å². The Morgan fingerprint density at radius 3 is 2.90 bits per heavy atom. The first kappa shape index (κ1) is 15.0. The maximum absolute atomic E-state index is 13.9. The van der Waals surface area contributed by atoms with Gasteiger partial charge in [0, 0.05) is 19.2 Å². The van der Waals surface area contributed by atoms with Crippen molar-refractivity contribution in [2.75, 3.05) is 20.1 Å². The molecule has 5 nitrogen and oxygen atoms in total. The van der Waals surface area contributed by atoms with Crippen LogP contribution in [0.25, 0.3) is 0 Å². The molecule has 0 radical (unpaired) electrons. The van der Waals surface area contributed by atoms with Crippen LogP contribution in [0.2, 0.25) is 0 Å². The van der Waals surface area contributed by atoms with Crippen LogP contribution in [-0.2, 0) is 4.79 Å². The van der Waals surface area contributed by atoms with E-state index < -0.39 is 17.8 Å². The Hall–Kier alpha value is -2.39. The lowest BCUT2D eigenvalue weighted by Gasteiger charge is -2.12. The molecule has 1 heterocycles. The molecule has 0 bridgehead atoms. The molecular formula is C15H16FN3O2. The van der Waals surface area contributed by atoms with E-state index in [0.717, 1.165) is 0 Å². The Morgan fingerprint density at radius 2 is 2.33 bits per heavy atom. The monoisotopic (exact) mass is 289 g/mol. The van der Waals surface area contributed by atoms with E-state index in [4.69, 9.17) is 5.73 Å². The first-order valence-corrected chi connectivity index (χ1v) is 6.57. The highest BCUT2D eigenvalue weighted by atomic mass is 19.1. The van der Waals surface area contributed by atoms with Gasteiger partial charge in [-0.3, -0.25) is 9.59 Å². The molecule has 2 amide bonds. The standard InChI is InChI=1S/C15H16FN3O2/c1-19-8-6-13(15(19)21)18-14(20)11-5-4-10(3-2-7-17)9-12(11)16/h4-5,9,13H,6-8,17H2,1H3,(H,18,20). The number of hydrogen-bond donors (Lipinski definition) is 2. The van der Waals surface area contributed by atoms with Crippen molar-refractivity contribution in [3.8, 4) is 11.8 Å². The SMILES string of the molecule is CN1CCC(NC(=O)c2ccc(C#CCN)cc2F)C1=O. The second-order valence-corrected chi connectivity index (χ2v) is 4.78. The number of likely N-dealkylation sites (tertiary alicyclic amines) is 1. The summed E-state index contributed by atoms with van der Waals surface area (Å²) in [6.07, 6.45) is 0.531. The average molecular weight is 289 g/mol. The summed E-state index contributed by atoms with van der Waals surface area (Å²) in [5.74, 6) is 3.87. The Balaban J connectivity index is 2.11. The average Bonchev–Trinajstić information content (AvgIpc) is 2.77. The Morgan fingerprint density at radius 1 is 1.57 bits per heavy atom. The van der Waals surface area contributed by atoms with E-state index in [0.29, 0.717) is 18.5 Å². The van der Waals surface area contributed by atoms with E-state index in [9.17, 15) is 14.0 Å². The molecule has 1 aromatic carbocycles. The van der Waals surface area contributed by atoms with E-state index in [-0.39, 0.29) is 18.0 Å². The van der Waals surface area contributed by atoms with Gasteiger partial charge in [0.2, 0.25) is 5.91 Å². The van der Waals surface area contributed by atoms with Gasteiger partial charge in [-0.25, -0.2) is 4.39 Å². The largest absolute Gasteiger partial charge is 0.344 e. The predicted molar refractivity (Wildman–Crippen MR) is 75.8 cm³/mol. The second-order valence-electron chi connectivity index (χ2n) is 4.78. The van der Waals surface area contributed by atoms with Gasteiger partial charge >= 0.3 is 0 Å². The summed E-state index contributed by atoms with van der Waals surface area (Å²) in [5.41, 5.74) is 5.59. The number of nitrogens with two attached hydrogens (primary N) is 1.